The number of carbonyl (C=O) groups excluding carboxylic acids is 2. The van der Waals surface area contributed by atoms with Crippen LogP contribution >= 0.6 is 0 Å². The lowest BCUT2D eigenvalue weighted by atomic mass is 10.1. The van der Waals surface area contributed by atoms with E-state index in [1.54, 1.807) is 43.3 Å². The topological polar surface area (TPSA) is 109 Å². The fourth-order valence-corrected chi connectivity index (χ4v) is 2.94. The average molecular weight is 394 g/mol. The molecule has 1 heterocycles. The van der Waals surface area contributed by atoms with Crippen LogP contribution in [0.3, 0.4) is 0 Å². The first kappa shape index (κ1) is 19.9. The van der Waals surface area contributed by atoms with E-state index in [0.29, 0.717) is 22.9 Å². The molecule has 2 aromatic carbocycles. The molecule has 3 rings (SSSR count). The van der Waals surface area contributed by atoms with Gasteiger partial charge in [0, 0.05) is 30.0 Å². The summed E-state index contributed by atoms with van der Waals surface area (Å²) in [5.74, 6) is -1.61. The zero-order valence-corrected chi connectivity index (χ0v) is 15.7. The maximum atomic E-state index is 12.7. The van der Waals surface area contributed by atoms with Gasteiger partial charge in [0.15, 0.2) is 0 Å². The summed E-state index contributed by atoms with van der Waals surface area (Å²) in [6.45, 7) is 1.96. The summed E-state index contributed by atoms with van der Waals surface area (Å²) in [4.78, 5) is 46.7. The molecule has 0 aliphatic rings. The molecule has 29 heavy (non-hydrogen) atoms. The number of benzene rings is 2. The van der Waals surface area contributed by atoms with Crippen molar-refractivity contribution in [3.05, 3.63) is 80.6 Å². The van der Waals surface area contributed by atoms with Crippen molar-refractivity contribution in [1.82, 2.24) is 4.57 Å². The number of nitro groups is 1. The van der Waals surface area contributed by atoms with Crippen LogP contribution in [-0.2, 0) is 16.1 Å². The Bertz CT molecular complexity index is 1150. The number of ketones is 1. The SMILES string of the molecule is CCCC(=O)C(=O)Oc1cc(=O)n(Cc2ccc([N+](=O)[O-])cc2)c2ccccc12. The van der Waals surface area contributed by atoms with E-state index in [9.17, 15) is 24.5 Å². The Balaban J connectivity index is 1.99. The van der Waals surface area contributed by atoms with E-state index < -0.39 is 22.2 Å². The fraction of sp³-hybridized carbons (Fsp3) is 0.190. The Hall–Kier alpha value is -3.81. The van der Waals surface area contributed by atoms with Gasteiger partial charge in [0.2, 0.25) is 5.78 Å². The third-order valence-corrected chi connectivity index (χ3v) is 4.38. The molecule has 1 aromatic heterocycles. The molecule has 8 nitrogen and oxygen atoms in total. The molecule has 0 unspecified atom stereocenters. The summed E-state index contributed by atoms with van der Waals surface area (Å²) in [5, 5.41) is 11.3. The zero-order chi connectivity index (χ0) is 21.0. The standard InChI is InChI=1S/C21H18N2O6/c1-2-5-18(24)21(26)29-19-12-20(25)22(17-7-4-3-6-16(17)19)13-14-8-10-15(11-9-14)23(27)28/h3-4,6-12H,2,5,13H2,1H3. The minimum atomic E-state index is -0.996. The molecule has 0 spiro atoms. The molecule has 148 valence electrons. The molecule has 0 atom stereocenters. The van der Waals surface area contributed by atoms with E-state index in [1.807, 2.05) is 0 Å². The molecular formula is C21H18N2O6. The summed E-state index contributed by atoms with van der Waals surface area (Å²) in [6, 6.07) is 13.9. The average Bonchev–Trinajstić information content (AvgIpc) is 2.71. The first-order valence-corrected chi connectivity index (χ1v) is 9.01. The predicted molar refractivity (Wildman–Crippen MR) is 106 cm³/mol. The van der Waals surface area contributed by atoms with E-state index in [0.717, 1.165) is 0 Å². The number of nitrogens with zero attached hydrogens (tertiary/aromatic N) is 2. The van der Waals surface area contributed by atoms with Crippen molar-refractivity contribution in [2.24, 2.45) is 0 Å². The van der Waals surface area contributed by atoms with Crippen molar-refractivity contribution in [3.63, 3.8) is 0 Å². The van der Waals surface area contributed by atoms with Gasteiger partial charge in [-0.05, 0) is 24.1 Å². The van der Waals surface area contributed by atoms with Crippen LogP contribution in [0, 0.1) is 10.1 Å². The quantitative estimate of drug-likeness (QED) is 0.263. The number of hydrogen-bond donors (Lipinski definition) is 0. The molecule has 0 fully saturated rings. The number of fused-ring (bicyclic) bond motifs is 1. The summed E-state index contributed by atoms with van der Waals surface area (Å²) < 4.78 is 6.67. The number of Topliss-reactive ketones (excluding diaryl/α,β-unsaturated/α-hetero) is 1. The minimum absolute atomic E-state index is 0.0278. The predicted octanol–water partition coefficient (Wildman–Crippen LogP) is 3.23. The number of esters is 1. The van der Waals surface area contributed by atoms with Gasteiger partial charge in [-0.1, -0.05) is 31.2 Å². The minimum Gasteiger partial charge on any atom is -0.420 e. The first-order valence-electron chi connectivity index (χ1n) is 9.01. The number of nitro benzene ring substituents is 1. The van der Waals surface area contributed by atoms with E-state index in [2.05, 4.69) is 0 Å². The molecule has 0 aliphatic carbocycles. The summed E-state index contributed by atoms with van der Waals surface area (Å²) in [7, 11) is 0. The molecule has 0 bridgehead atoms. The number of non-ortho nitro benzene ring substituents is 1. The third kappa shape index (κ3) is 4.37. The molecular weight excluding hydrogens is 376 g/mol. The van der Waals surface area contributed by atoms with E-state index in [-0.39, 0.29) is 24.4 Å². The second-order valence-corrected chi connectivity index (χ2v) is 6.44. The number of pyridine rings is 1. The molecule has 0 aliphatic heterocycles. The first-order chi connectivity index (χ1) is 13.9. The van der Waals surface area contributed by atoms with Crippen molar-refractivity contribution in [2.45, 2.75) is 26.3 Å². The van der Waals surface area contributed by atoms with Crippen LogP contribution in [0.15, 0.2) is 59.4 Å². The fourth-order valence-electron chi connectivity index (χ4n) is 2.94. The van der Waals surface area contributed by atoms with Gasteiger partial charge in [0.1, 0.15) is 5.75 Å². The van der Waals surface area contributed by atoms with Crippen LogP contribution < -0.4 is 10.3 Å². The highest BCUT2D eigenvalue weighted by atomic mass is 16.6. The van der Waals surface area contributed by atoms with Crippen LogP contribution in [-0.4, -0.2) is 21.2 Å². The number of carbonyl (C=O) groups is 2. The number of ether oxygens (including phenoxy) is 1. The molecule has 0 radical (unpaired) electrons. The molecule has 0 saturated carbocycles. The summed E-state index contributed by atoms with van der Waals surface area (Å²) >= 11 is 0. The van der Waals surface area contributed by atoms with Gasteiger partial charge in [0.25, 0.3) is 11.2 Å². The Morgan fingerprint density at radius 1 is 1.10 bits per heavy atom. The number of aromatic nitrogens is 1. The lowest BCUT2D eigenvalue weighted by Gasteiger charge is -2.13. The van der Waals surface area contributed by atoms with Crippen molar-refractivity contribution >= 4 is 28.3 Å². The maximum Gasteiger partial charge on any atom is 0.380 e. The monoisotopic (exact) mass is 394 g/mol. The van der Waals surface area contributed by atoms with Crippen LogP contribution in [0.4, 0.5) is 5.69 Å². The largest absolute Gasteiger partial charge is 0.420 e. The molecule has 8 heteroatoms. The third-order valence-electron chi connectivity index (χ3n) is 4.38. The van der Waals surface area contributed by atoms with Gasteiger partial charge in [0.05, 0.1) is 17.0 Å². The molecule has 3 aromatic rings. The number of para-hydroxylation sites is 1. The highest BCUT2D eigenvalue weighted by molar-refractivity contribution is 6.34. The second-order valence-electron chi connectivity index (χ2n) is 6.44. The smallest absolute Gasteiger partial charge is 0.380 e. The zero-order valence-electron chi connectivity index (χ0n) is 15.7. The van der Waals surface area contributed by atoms with Crippen LogP contribution in [0.5, 0.6) is 5.75 Å². The Kier molecular flexibility index (Phi) is 5.82. The van der Waals surface area contributed by atoms with Gasteiger partial charge < -0.3 is 9.30 Å². The lowest BCUT2D eigenvalue weighted by Crippen LogP contribution is -2.24. The maximum absolute atomic E-state index is 12.7. The van der Waals surface area contributed by atoms with Gasteiger partial charge in [-0.3, -0.25) is 19.7 Å². The van der Waals surface area contributed by atoms with Crippen molar-refractivity contribution in [3.8, 4) is 5.75 Å². The van der Waals surface area contributed by atoms with Gasteiger partial charge in [-0.25, -0.2) is 4.79 Å². The number of rotatable bonds is 7. The Morgan fingerprint density at radius 2 is 1.79 bits per heavy atom. The van der Waals surface area contributed by atoms with Crippen LogP contribution in [0.25, 0.3) is 10.9 Å². The van der Waals surface area contributed by atoms with E-state index >= 15 is 0 Å². The van der Waals surface area contributed by atoms with E-state index in [1.165, 1.54) is 22.8 Å². The van der Waals surface area contributed by atoms with E-state index in [4.69, 9.17) is 4.74 Å². The van der Waals surface area contributed by atoms with Crippen LogP contribution in [0.2, 0.25) is 0 Å². The molecule has 0 N–H and O–H groups in total. The molecule has 0 saturated heterocycles. The van der Waals surface area contributed by atoms with Crippen molar-refractivity contribution < 1.29 is 19.2 Å². The number of hydrogen-bond acceptors (Lipinski definition) is 6. The lowest BCUT2D eigenvalue weighted by molar-refractivity contribution is -0.384. The van der Waals surface area contributed by atoms with Crippen LogP contribution in [0.1, 0.15) is 25.3 Å². The van der Waals surface area contributed by atoms with Crippen molar-refractivity contribution in [1.29, 1.82) is 0 Å². The summed E-state index contributed by atoms with van der Waals surface area (Å²) in [5.41, 5.74) is 0.757. The highest BCUT2D eigenvalue weighted by Crippen LogP contribution is 2.25. The molecule has 0 amide bonds. The highest BCUT2D eigenvalue weighted by Gasteiger charge is 2.18. The summed E-state index contributed by atoms with van der Waals surface area (Å²) in [6.07, 6.45) is 0.597. The van der Waals surface area contributed by atoms with Crippen molar-refractivity contribution in [2.75, 3.05) is 0 Å². The van der Waals surface area contributed by atoms with Gasteiger partial charge in [-0.2, -0.15) is 0 Å². The van der Waals surface area contributed by atoms with Gasteiger partial charge in [-0.15, -0.1) is 0 Å². The van der Waals surface area contributed by atoms with Gasteiger partial charge >= 0.3 is 5.97 Å². The second kappa shape index (κ2) is 8.47. The Labute approximate surface area is 165 Å². The Morgan fingerprint density at radius 3 is 2.45 bits per heavy atom. The normalized spacial score (nSPS) is 10.7.